The molecule has 2 nitrogen and oxygen atoms in total. The van der Waals surface area contributed by atoms with E-state index in [-0.39, 0.29) is 0 Å². The molecular formula is C16H12F6O2. The molecule has 0 spiro atoms. The molecule has 0 unspecified atom stereocenters. The molecule has 24 heavy (non-hydrogen) atoms. The predicted octanol–water partition coefficient (Wildman–Crippen LogP) is 5.42. The average Bonchev–Trinajstić information content (AvgIpc) is 2.48. The van der Waals surface area contributed by atoms with Crippen molar-refractivity contribution in [2.45, 2.75) is 25.8 Å². The molecule has 0 N–H and O–H groups in total. The molecule has 0 aromatic heterocycles. The van der Waals surface area contributed by atoms with Crippen LogP contribution in [0, 0.1) is 5.82 Å². The number of hydrogen-bond acceptors (Lipinski definition) is 2. The fourth-order valence-corrected chi connectivity index (χ4v) is 1.89. The van der Waals surface area contributed by atoms with Gasteiger partial charge in [-0.3, -0.25) is 0 Å². The number of rotatable bonds is 5. The van der Waals surface area contributed by atoms with Gasteiger partial charge in [0, 0.05) is 6.07 Å². The molecule has 2 rings (SSSR count). The van der Waals surface area contributed by atoms with Crippen LogP contribution in [0.4, 0.5) is 26.3 Å². The molecular weight excluding hydrogens is 338 g/mol. The van der Waals surface area contributed by atoms with Crippen molar-refractivity contribution in [3.05, 3.63) is 59.4 Å². The lowest BCUT2D eigenvalue weighted by atomic mass is 10.1. The molecule has 2 aromatic carbocycles. The maximum Gasteiger partial charge on any atom is 0.573 e. The molecule has 0 saturated carbocycles. The third kappa shape index (κ3) is 4.56. The number of aryl methyl sites for hydroxylation is 1. The van der Waals surface area contributed by atoms with E-state index >= 15 is 0 Å². The van der Waals surface area contributed by atoms with Gasteiger partial charge in [-0.15, -0.1) is 13.2 Å². The van der Waals surface area contributed by atoms with Gasteiger partial charge in [-0.2, -0.15) is 8.78 Å². The van der Waals surface area contributed by atoms with Crippen molar-refractivity contribution in [3.8, 4) is 11.5 Å². The zero-order valence-electron chi connectivity index (χ0n) is 12.3. The lowest BCUT2D eigenvalue weighted by molar-refractivity contribution is -0.275. The Morgan fingerprint density at radius 1 is 0.875 bits per heavy atom. The summed E-state index contributed by atoms with van der Waals surface area (Å²) in [5.74, 6) is -3.24. The Labute approximate surface area is 133 Å². The Kier molecular flexibility index (Phi) is 4.96. The van der Waals surface area contributed by atoms with Crippen LogP contribution in [-0.2, 0) is 12.5 Å². The van der Waals surface area contributed by atoms with Crippen molar-refractivity contribution in [3.63, 3.8) is 0 Å². The van der Waals surface area contributed by atoms with E-state index in [9.17, 15) is 26.3 Å². The van der Waals surface area contributed by atoms with E-state index < -0.39 is 35.4 Å². The molecule has 0 amide bonds. The zero-order valence-corrected chi connectivity index (χ0v) is 12.3. The summed E-state index contributed by atoms with van der Waals surface area (Å²) >= 11 is 0. The number of halogens is 6. The predicted molar refractivity (Wildman–Crippen MR) is 73.4 cm³/mol. The maximum atomic E-state index is 14.0. The van der Waals surface area contributed by atoms with Crippen LogP contribution in [0.5, 0.6) is 11.5 Å². The third-order valence-corrected chi connectivity index (χ3v) is 3.07. The summed E-state index contributed by atoms with van der Waals surface area (Å²) in [6, 6.07) is 7.04. The molecule has 8 heteroatoms. The first kappa shape index (κ1) is 18.0. The number of ether oxygens (including phenoxy) is 2. The van der Waals surface area contributed by atoms with Gasteiger partial charge in [0.2, 0.25) is 0 Å². The fourth-order valence-electron chi connectivity index (χ4n) is 1.89. The van der Waals surface area contributed by atoms with E-state index in [1.54, 1.807) is 0 Å². The van der Waals surface area contributed by atoms with Gasteiger partial charge in [-0.1, -0.05) is 19.1 Å². The molecule has 0 bridgehead atoms. The summed E-state index contributed by atoms with van der Waals surface area (Å²) in [6.45, 7) is 1.86. The smallest absolute Gasteiger partial charge is 0.429 e. The van der Waals surface area contributed by atoms with Crippen LogP contribution in [0.25, 0.3) is 0 Å². The molecule has 130 valence electrons. The van der Waals surface area contributed by atoms with Gasteiger partial charge in [0.15, 0.2) is 11.6 Å². The van der Waals surface area contributed by atoms with Gasteiger partial charge in [-0.05, 0) is 36.2 Å². The second kappa shape index (κ2) is 6.62. The highest BCUT2D eigenvalue weighted by Crippen LogP contribution is 2.34. The summed E-state index contributed by atoms with van der Waals surface area (Å²) in [4.78, 5) is 0. The average molecular weight is 350 g/mol. The highest BCUT2D eigenvalue weighted by molar-refractivity contribution is 5.34. The van der Waals surface area contributed by atoms with E-state index in [1.807, 2.05) is 6.92 Å². The highest BCUT2D eigenvalue weighted by Gasteiger charge is 2.35. The second-order valence-corrected chi connectivity index (χ2v) is 4.81. The van der Waals surface area contributed by atoms with Crippen molar-refractivity contribution in [2.24, 2.45) is 0 Å². The molecule has 0 heterocycles. The van der Waals surface area contributed by atoms with Gasteiger partial charge in [0.25, 0.3) is 0 Å². The van der Waals surface area contributed by atoms with Crippen molar-refractivity contribution >= 4 is 0 Å². The molecule has 0 atom stereocenters. The van der Waals surface area contributed by atoms with Crippen LogP contribution < -0.4 is 9.47 Å². The first-order valence-electron chi connectivity index (χ1n) is 6.82. The van der Waals surface area contributed by atoms with Crippen LogP contribution in [0.1, 0.15) is 18.1 Å². The van der Waals surface area contributed by atoms with E-state index in [2.05, 4.69) is 9.47 Å². The number of benzene rings is 2. The summed E-state index contributed by atoms with van der Waals surface area (Å²) in [6.07, 6.45) is -8.20. The topological polar surface area (TPSA) is 18.5 Å². The number of alkyl halides is 5. The lowest BCUT2D eigenvalue weighted by Crippen LogP contribution is -2.22. The van der Waals surface area contributed by atoms with Crippen LogP contribution in [-0.4, -0.2) is 6.36 Å². The van der Waals surface area contributed by atoms with E-state index in [0.717, 1.165) is 23.8 Å². The zero-order chi connectivity index (χ0) is 18.0. The Hall–Kier alpha value is -2.38. The minimum Gasteiger partial charge on any atom is -0.429 e. The van der Waals surface area contributed by atoms with Gasteiger partial charge in [0.1, 0.15) is 5.75 Å². The Morgan fingerprint density at radius 3 is 2.00 bits per heavy atom. The molecule has 0 fully saturated rings. The van der Waals surface area contributed by atoms with Crippen LogP contribution in [0.3, 0.4) is 0 Å². The van der Waals surface area contributed by atoms with E-state index in [0.29, 0.717) is 18.6 Å². The summed E-state index contributed by atoms with van der Waals surface area (Å²) in [5.41, 5.74) is 0.380. The van der Waals surface area contributed by atoms with Crippen LogP contribution in [0.15, 0.2) is 42.5 Å². The monoisotopic (exact) mass is 350 g/mol. The SMILES string of the molecule is CCc1ccc(C(F)(F)Oc2ccc(OC(F)(F)F)c(F)c2)cc1. The van der Waals surface area contributed by atoms with E-state index in [4.69, 9.17) is 0 Å². The van der Waals surface area contributed by atoms with Gasteiger partial charge in [-0.25, -0.2) is 4.39 Å². The second-order valence-electron chi connectivity index (χ2n) is 4.81. The Morgan fingerprint density at radius 2 is 1.50 bits per heavy atom. The summed E-state index contributed by atoms with van der Waals surface area (Å²) < 4.78 is 85.5. The Bertz CT molecular complexity index is 695. The molecule has 0 aliphatic carbocycles. The van der Waals surface area contributed by atoms with E-state index in [1.165, 1.54) is 12.1 Å². The minimum absolute atomic E-state index is 0.398. The van der Waals surface area contributed by atoms with Crippen molar-refractivity contribution in [1.29, 1.82) is 0 Å². The first-order valence-corrected chi connectivity index (χ1v) is 6.82. The van der Waals surface area contributed by atoms with Crippen LogP contribution >= 0.6 is 0 Å². The van der Waals surface area contributed by atoms with Gasteiger partial charge < -0.3 is 9.47 Å². The molecule has 0 aliphatic rings. The summed E-state index contributed by atoms with van der Waals surface area (Å²) in [7, 11) is 0. The molecule has 0 saturated heterocycles. The summed E-state index contributed by atoms with van der Waals surface area (Å²) in [5, 5.41) is 0. The highest BCUT2D eigenvalue weighted by atomic mass is 19.4. The third-order valence-electron chi connectivity index (χ3n) is 3.07. The minimum atomic E-state index is -5.09. The molecule has 0 aliphatic heterocycles. The van der Waals surface area contributed by atoms with Crippen molar-refractivity contribution in [1.82, 2.24) is 0 Å². The molecule has 2 aromatic rings. The quantitative estimate of drug-likeness (QED) is 0.671. The lowest BCUT2D eigenvalue weighted by Gasteiger charge is -2.19. The van der Waals surface area contributed by atoms with Crippen molar-refractivity contribution in [2.75, 3.05) is 0 Å². The normalized spacial score (nSPS) is 12.1. The first-order chi connectivity index (χ1) is 11.1. The van der Waals surface area contributed by atoms with Gasteiger partial charge in [0.05, 0.1) is 5.56 Å². The largest absolute Gasteiger partial charge is 0.573 e. The Balaban J connectivity index is 2.18. The maximum absolute atomic E-state index is 14.0. The number of hydrogen-bond donors (Lipinski definition) is 0. The fraction of sp³-hybridized carbons (Fsp3) is 0.250. The molecule has 0 radical (unpaired) electrons. The standard InChI is InChI=1S/C16H12F6O2/c1-2-10-3-5-11(6-4-10)15(18,19)23-12-7-8-14(13(17)9-12)24-16(20,21)22/h3-9H,2H2,1H3. The van der Waals surface area contributed by atoms with Crippen LogP contribution in [0.2, 0.25) is 0 Å². The van der Waals surface area contributed by atoms with Gasteiger partial charge >= 0.3 is 12.5 Å². The van der Waals surface area contributed by atoms with Crippen molar-refractivity contribution < 1.29 is 35.8 Å².